The number of ketones is 1. The van der Waals surface area contributed by atoms with Crippen LogP contribution >= 0.6 is 0 Å². The molecule has 0 aliphatic heterocycles. The van der Waals surface area contributed by atoms with Gasteiger partial charge in [0.25, 0.3) is 0 Å². The molecule has 0 amide bonds. The number of carbonyl (C=O) groups excluding carboxylic acids is 1. The second-order valence-corrected chi connectivity index (χ2v) is 5.33. The summed E-state index contributed by atoms with van der Waals surface area (Å²) in [6, 6.07) is 10.8. The second kappa shape index (κ2) is 8.20. The monoisotopic (exact) mass is 325 g/mol. The van der Waals surface area contributed by atoms with Crippen LogP contribution in [0.5, 0.6) is 11.5 Å². The van der Waals surface area contributed by atoms with Gasteiger partial charge in [-0.25, -0.2) is 0 Å². The number of aryl methyl sites for hydroxylation is 1. The summed E-state index contributed by atoms with van der Waals surface area (Å²) in [5.41, 5.74) is 3.19. The van der Waals surface area contributed by atoms with Crippen molar-refractivity contribution in [1.82, 2.24) is 0 Å². The maximum atomic E-state index is 12.3. The Morgan fingerprint density at radius 1 is 1.21 bits per heavy atom. The molecule has 0 aliphatic rings. The Morgan fingerprint density at radius 3 is 2.50 bits per heavy atom. The van der Waals surface area contributed by atoms with Gasteiger partial charge < -0.3 is 15.2 Å². The molecule has 0 bridgehead atoms. The van der Waals surface area contributed by atoms with E-state index in [-0.39, 0.29) is 11.5 Å². The number of benzene rings is 2. The highest BCUT2D eigenvalue weighted by Crippen LogP contribution is 2.30. The molecule has 0 heterocycles. The van der Waals surface area contributed by atoms with Gasteiger partial charge >= 0.3 is 0 Å². The van der Waals surface area contributed by atoms with Gasteiger partial charge in [0.15, 0.2) is 5.78 Å². The van der Waals surface area contributed by atoms with E-state index in [1.54, 1.807) is 24.3 Å². The van der Waals surface area contributed by atoms with E-state index in [0.29, 0.717) is 24.3 Å². The summed E-state index contributed by atoms with van der Waals surface area (Å²) in [6.45, 7) is 4.34. The summed E-state index contributed by atoms with van der Waals surface area (Å²) < 4.78 is 5.55. The second-order valence-electron chi connectivity index (χ2n) is 5.33. The number of carbonyl (C=O) groups is 1. The lowest BCUT2D eigenvalue weighted by Crippen LogP contribution is -1.97. The lowest BCUT2D eigenvalue weighted by molar-refractivity contribution is 0.104. The molecule has 0 unspecified atom stereocenters. The molecule has 2 aromatic rings. The molecular weight excluding hydrogens is 302 g/mol. The van der Waals surface area contributed by atoms with Gasteiger partial charge in [0.2, 0.25) is 0 Å². The van der Waals surface area contributed by atoms with Crippen LogP contribution in [0.2, 0.25) is 0 Å². The zero-order chi connectivity index (χ0) is 17.5. The molecule has 126 valence electrons. The molecule has 0 saturated heterocycles. The smallest absolute Gasteiger partial charge is 0.185 e. The molecule has 2 aromatic carbocycles. The number of phenols is 1. The number of ether oxygens (including phenoxy) is 1. The Labute approximate surface area is 142 Å². The third-order valence-electron chi connectivity index (χ3n) is 3.76. The molecule has 0 spiro atoms. The topological polar surface area (TPSA) is 58.6 Å². The van der Waals surface area contributed by atoms with E-state index >= 15 is 0 Å². The molecule has 2 rings (SSSR count). The maximum absolute atomic E-state index is 12.3. The average Bonchev–Trinajstić information content (AvgIpc) is 2.61. The third kappa shape index (κ3) is 4.16. The van der Waals surface area contributed by atoms with Crippen molar-refractivity contribution in [2.24, 2.45) is 0 Å². The van der Waals surface area contributed by atoms with Gasteiger partial charge in [0.1, 0.15) is 11.5 Å². The van der Waals surface area contributed by atoms with Gasteiger partial charge in [-0.05, 0) is 61.4 Å². The number of anilines is 1. The van der Waals surface area contributed by atoms with Crippen molar-refractivity contribution in [1.29, 1.82) is 0 Å². The van der Waals surface area contributed by atoms with E-state index < -0.39 is 0 Å². The van der Waals surface area contributed by atoms with Crippen molar-refractivity contribution < 1.29 is 14.6 Å². The Bertz CT molecular complexity index is 733. The highest BCUT2D eigenvalue weighted by Gasteiger charge is 2.08. The molecule has 0 aromatic heterocycles. The summed E-state index contributed by atoms with van der Waals surface area (Å²) in [7, 11) is 1.84. The molecule has 2 N–H and O–H groups in total. The first-order chi connectivity index (χ1) is 11.6. The van der Waals surface area contributed by atoms with Crippen LogP contribution in [0, 0.1) is 0 Å². The highest BCUT2D eigenvalue weighted by atomic mass is 16.5. The number of allylic oxidation sites excluding steroid dienone is 1. The first-order valence-corrected chi connectivity index (χ1v) is 8.08. The van der Waals surface area contributed by atoms with E-state index in [4.69, 9.17) is 4.74 Å². The summed E-state index contributed by atoms with van der Waals surface area (Å²) in [5.74, 6) is 0.708. The fourth-order valence-electron chi connectivity index (χ4n) is 2.39. The lowest BCUT2D eigenvalue weighted by atomic mass is 10.0. The Hall–Kier alpha value is -2.75. The highest BCUT2D eigenvalue weighted by molar-refractivity contribution is 6.07. The largest absolute Gasteiger partial charge is 0.508 e. The van der Waals surface area contributed by atoms with E-state index in [9.17, 15) is 9.90 Å². The van der Waals surface area contributed by atoms with E-state index in [2.05, 4.69) is 5.32 Å². The van der Waals surface area contributed by atoms with Crippen LogP contribution < -0.4 is 10.1 Å². The van der Waals surface area contributed by atoms with Crippen LogP contribution in [-0.2, 0) is 6.42 Å². The van der Waals surface area contributed by atoms with E-state index in [1.807, 2.05) is 39.1 Å². The van der Waals surface area contributed by atoms with E-state index in [0.717, 1.165) is 16.8 Å². The minimum absolute atomic E-state index is 0.0776. The van der Waals surface area contributed by atoms with Crippen molar-refractivity contribution in [3.8, 4) is 11.5 Å². The number of aromatic hydroxyl groups is 1. The van der Waals surface area contributed by atoms with Gasteiger partial charge in [-0.2, -0.15) is 0 Å². The van der Waals surface area contributed by atoms with Crippen LogP contribution in [0.1, 0.15) is 35.3 Å². The number of phenolic OH excluding ortho intramolecular Hbond substituents is 1. The number of hydrogen-bond acceptors (Lipinski definition) is 4. The predicted molar refractivity (Wildman–Crippen MR) is 98.0 cm³/mol. The molecule has 4 nitrogen and oxygen atoms in total. The Balaban J connectivity index is 2.27. The third-order valence-corrected chi connectivity index (χ3v) is 3.76. The number of hydrogen-bond donors (Lipinski definition) is 2. The van der Waals surface area contributed by atoms with Gasteiger partial charge in [-0.1, -0.05) is 6.92 Å². The molecule has 0 fully saturated rings. The van der Waals surface area contributed by atoms with Crippen LogP contribution in [0.3, 0.4) is 0 Å². The zero-order valence-corrected chi connectivity index (χ0v) is 14.3. The molecule has 4 heteroatoms. The van der Waals surface area contributed by atoms with Gasteiger partial charge in [-0.15, -0.1) is 0 Å². The van der Waals surface area contributed by atoms with Crippen molar-refractivity contribution in [3.63, 3.8) is 0 Å². The zero-order valence-electron chi connectivity index (χ0n) is 14.3. The summed E-state index contributed by atoms with van der Waals surface area (Å²) >= 11 is 0. The van der Waals surface area contributed by atoms with Gasteiger partial charge in [-0.3, -0.25) is 4.79 Å². The molecule has 0 saturated carbocycles. The van der Waals surface area contributed by atoms with Gasteiger partial charge in [0, 0.05) is 29.9 Å². The van der Waals surface area contributed by atoms with Crippen LogP contribution in [-0.4, -0.2) is 24.5 Å². The lowest BCUT2D eigenvalue weighted by Gasteiger charge is -2.11. The van der Waals surface area contributed by atoms with Crippen molar-refractivity contribution in [3.05, 3.63) is 59.2 Å². The van der Waals surface area contributed by atoms with Crippen molar-refractivity contribution in [2.45, 2.75) is 20.3 Å². The van der Waals surface area contributed by atoms with Crippen LogP contribution in [0.4, 0.5) is 5.69 Å². The van der Waals surface area contributed by atoms with Crippen LogP contribution in [0.25, 0.3) is 6.08 Å². The average molecular weight is 325 g/mol. The first-order valence-electron chi connectivity index (χ1n) is 8.08. The minimum Gasteiger partial charge on any atom is -0.508 e. The fourth-order valence-corrected chi connectivity index (χ4v) is 2.39. The number of rotatable bonds is 7. The standard InChI is InChI=1S/C20H23NO3/c1-4-14-12-16(20(24-5-2)13-19(14)23)8-11-18(22)15-6-9-17(21-3)10-7-15/h6-13,21,23H,4-5H2,1-3H3. The summed E-state index contributed by atoms with van der Waals surface area (Å²) in [5, 5.41) is 13.0. The first kappa shape index (κ1) is 17.6. The SMILES string of the molecule is CCOc1cc(O)c(CC)cc1C=CC(=O)c1ccc(NC)cc1. The van der Waals surface area contributed by atoms with Crippen molar-refractivity contribution >= 4 is 17.5 Å². The quantitative estimate of drug-likeness (QED) is 0.589. The Morgan fingerprint density at radius 2 is 1.92 bits per heavy atom. The number of nitrogens with one attached hydrogen (secondary N) is 1. The summed E-state index contributed by atoms with van der Waals surface area (Å²) in [6.07, 6.45) is 3.97. The minimum atomic E-state index is -0.0776. The maximum Gasteiger partial charge on any atom is 0.185 e. The fraction of sp³-hybridized carbons (Fsp3) is 0.250. The Kier molecular flexibility index (Phi) is 6.01. The molecule has 24 heavy (non-hydrogen) atoms. The molecular formula is C20H23NO3. The summed E-state index contributed by atoms with van der Waals surface area (Å²) in [4.78, 5) is 12.3. The van der Waals surface area contributed by atoms with E-state index in [1.165, 1.54) is 6.08 Å². The van der Waals surface area contributed by atoms with Gasteiger partial charge in [0.05, 0.1) is 6.61 Å². The molecule has 0 radical (unpaired) electrons. The molecule has 0 atom stereocenters. The predicted octanol–water partition coefficient (Wildman–Crippen LogP) is 4.29. The molecule has 0 aliphatic carbocycles. The van der Waals surface area contributed by atoms with Crippen molar-refractivity contribution in [2.75, 3.05) is 19.0 Å². The van der Waals surface area contributed by atoms with Crippen LogP contribution in [0.15, 0.2) is 42.5 Å². The normalized spacial score (nSPS) is 10.8.